The van der Waals surface area contributed by atoms with Crippen molar-refractivity contribution in [1.82, 2.24) is 29.0 Å². The molecule has 3 aromatic heterocycles. The molecule has 0 aliphatic carbocycles. The molecule has 1 aliphatic heterocycles. The average molecular weight is 352 g/mol. The van der Waals surface area contributed by atoms with Gasteiger partial charge in [-0.05, 0) is 51.3 Å². The second-order valence-electron chi connectivity index (χ2n) is 7.15. The third kappa shape index (κ3) is 3.53. The lowest BCUT2D eigenvalue weighted by Crippen LogP contribution is -2.37. The molecule has 1 atom stereocenters. The normalized spacial score (nSPS) is 18.5. The van der Waals surface area contributed by atoms with Crippen LogP contribution in [0.1, 0.15) is 30.2 Å². The van der Waals surface area contributed by atoms with Crippen molar-refractivity contribution in [2.75, 3.05) is 13.1 Å². The summed E-state index contributed by atoms with van der Waals surface area (Å²) in [6.07, 6.45) is 4.11. The Morgan fingerprint density at radius 3 is 2.92 bits per heavy atom. The Morgan fingerprint density at radius 1 is 1.23 bits per heavy atom. The first-order valence-corrected chi connectivity index (χ1v) is 9.16. The van der Waals surface area contributed by atoms with E-state index in [1.54, 1.807) is 16.7 Å². The van der Waals surface area contributed by atoms with Crippen LogP contribution in [0.2, 0.25) is 0 Å². The molecule has 7 heteroatoms. The van der Waals surface area contributed by atoms with Gasteiger partial charge >= 0.3 is 0 Å². The molecule has 1 aliphatic rings. The highest BCUT2D eigenvalue weighted by molar-refractivity contribution is 5.37. The summed E-state index contributed by atoms with van der Waals surface area (Å²) in [5.74, 6) is 2.35. The highest BCUT2D eigenvalue weighted by Gasteiger charge is 2.22. The molecular formula is C19H24N6O. The number of aryl methyl sites for hydroxylation is 2. The van der Waals surface area contributed by atoms with Gasteiger partial charge in [-0.15, -0.1) is 0 Å². The first-order valence-electron chi connectivity index (χ1n) is 9.16. The Labute approximate surface area is 152 Å². The van der Waals surface area contributed by atoms with E-state index in [4.69, 9.17) is 0 Å². The quantitative estimate of drug-likeness (QED) is 0.716. The molecule has 1 fully saturated rings. The third-order valence-electron chi connectivity index (χ3n) is 5.01. The topological polar surface area (TPSA) is 68.3 Å². The van der Waals surface area contributed by atoms with E-state index >= 15 is 0 Å². The minimum atomic E-state index is -0.0205. The van der Waals surface area contributed by atoms with Crippen molar-refractivity contribution in [2.24, 2.45) is 5.92 Å². The van der Waals surface area contributed by atoms with E-state index < -0.39 is 0 Å². The number of fused-ring (bicyclic) bond motifs is 1. The van der Waals surface area contributed by atoms with Crippen LogP contribution in [0.5, 0.6) is 0 Å². The predicted molar refractivity (Wildman–Crippen MR) is 99.0 cm³/mol. The summed E-state index contributed by atoms with van der Waals surface area (Å²) in [7, 11) is 0. The SMILES string of the molecule is Cc1nc(C)n(CC2CCCN(Cc3cc(=O)n4ccccc4n3)C2)n1. The summed E-state index contributed by atoms with van der Waals surface area (Å²) in [6, 6.07) is 7.28. The number of pyridine rings is 1. The van der Waals surface area contributed by atoms with Crippen LogP contribution in [0, 0.1) is 19.8 Å². The van der Waals surface area contributed by atoms with Crippen molar-refractivity contribution in [3.63, 3.8) is 0 Å². The minimum absolute atomic E-state index is 0.0205. The van der Waals surface area contributed by atoms with Gasteiger partial charge in [-0.1, -0.05) is 6.07 Å². The molecular weight excluding hydrogens is 328 g/mol. The molecule has 26 heavy (non-hydrogen) atoms. The fourth-order valence-electron chi connectivity index (χ4n) is 3.84. The summed E-state index contributed by atoms with van der Waals surface area (Å²) in [4.78, 5) is 23.7. The summed E-state index contributed by atoms with van der Waals surface area (Å²) >= 11 is 0. The monoisotopic (exact) mass is 352 g/mol. The van der Waals surface area contributed by atoms with Crippen LogP contribution in [-0.4, -0.2) is 42.1 Å². The van der Waals surface area contributed by atoms with Crippen LogP contribution in [0.3, 0.4) is 0 Å². The maximum absolute atomic E-state index is 12.3. The number of hydrogen-bond acceptors (Lipinski definition) is 5. The van der Waals surface area contributed by atoms with E-state index in [2.05, 4.69) is 20.0 Å². The average Bonchev–Trinajstić information content (AvgIpc) is 2.92. The number of nitrogens with zero attached hydrogens (tertiary/aromatic N) is 6. The molecule has 0 radical (unpaired) electrons. The molecule has 7 nitrogen and oxygen atoms in total. The fraction of sp³-hybridized carbons (Fsp3) is 0.474. The maximum Gasteiger partial charge on any atom is 0.258 e. The predicted octanol–water partition coefficient (Wildman–Crippen LogP) is 1.82. The lowest BCUT2D eigenvalue weighted by molar-refractivity contribution is 0.151. The van der Waals surface area contributed by atoms with Gasteiger partial charge in [0, 0.05) is 31.9 Å². The Bertz CT molecular complexity index is 976. The van der Waals surface area contributed by atoms with Gasteiger partial charge in [-0.25, -0.2) is 14.6 Å². The van der Waals surface area contributed by atoms with Crippen LogP contribution < -0.4 is 5.56 Å². The molecule has 0 amide bonds. The van der Waals surface area contributed by atoms with Gasteiger partial charge in [0.05, 0.1) is 5.69 Å². The maximum atomic E-state index is 12.3. The largest absolute Gasteiger partial charge is 0.297 e. The standard InChI is InChI=1S/C19H24N6O/c1-14-20-15(2)25(22-14)12-16-6-5-8-23(11-16)13-17-10-19(26)24-9-4-3-7-18(24)21-17/h3-4,7,9-10,16H,5-6,8,11-13H2,1-2H3. The van der Waals surface area contributed by atoms with Crippen LogP contribution in [0.25, 0.3) is 5.65 Å². The van der Waals surface area contributed by atoms with E-state index in [0.717, 1.165) is 43.4 Å². The third-order valence-corrected chi connectivity index (χ3v) is 5.01. The lowest BCUT2D eigenvalue weighted by atomic mass is 9.98. The first-order chi connectivity index (χ1) is 12.6. The van der Waals surface area contributed by atoms with Crippen molar-refractivity contribution in [2.45, 2.75) is 39.8 Å². The van der Waals surface area contributed by atoms with Gasteiger partial charge in [0.2, 0.25) is 0 Å². The number of rotatable bonds is 4. The number of piperidine rings is 1. The Hall–Kier alpha value is -2.54. The Kier molecular flexibility index (Phi) is 4.55. The van der Waals surface area contributed by atoms with E-state index in [1.165, 1.54) is 6.42 Å². The number of hydrogen-bond donors (Lipinski definition) is 0. The van der Waals surface area contributed by atoms with Gasteiger partial charge in [-0.2, -0.15) is 5.10 Å². The van der Waals surface area contributed by atoms with Gasteiger partial charge in [-0.3, -0.25) is 14.1 Å². The van der Waals surface area contributed by atoms with Crippen LogP contribution in [0.4, 0.5) is 0 Å². The second-order valence-corrected chi connectivity index (χ2v) is 7.15. The first kappa shape index (κ1) is 16.9. The van der Waals surface area contributed by atoms with Crippen LogP contribution >= 0.6 is 0 Å². The molecule has 1 saturated heterocycles. The molecule has 1 unspecified atom stereocenters. The van der Waals surface area contributed by atoms with Crippen molar-refractivity contribution in [3.8, 4) is 0 Å². The smallest absolute Gasteiger partial charge is 0.258 e. The lowest BCUT2D eigenvalue weighted by Gasteiger charge is -2.32. The van der Waals surface area contributed by atoms with Crippen molar-refractivity contribution >= 4 is 5.65 Å². The molecule has 4 rings (SSSR count). The van der Waals surface area contributed by atoms with Crippen molar-refractivity contribution < 1.29 is 0 Å². The zero-order valence-electron chi connectivity index (χ0n) is 15.3. The Morgan fingerprint density at radius 2 is 2.12 bits per heavy atom. The minimum Gasteiger partial charge on any atom is -0.297 e. The highest BCUT2D eigenvalue weighted by Crippen LogP contribution is 2.20. The molecule has 4 heterocycles. The van der Waals surface area contributed by atoms with Crippen LogP contribution in [-0.2, 0) is 13.1 Å². The Balaban J connectivity index is 1.47. The molecule has 0 N–H and O–H groups in total. The summed E-state index contributed by atoms with van der Waals surface area (Å²) in [5, 5.41) is 4.49. The summed E-state index contributed by atoms with van der Waals surface area (Å²) in [5.41, 5.74) is 1.53. The van der Waals surface area contributed by atoms with E-state index in [1.807, 2.05) is 36.7 Å². The zero-order chi connectivity index (χ0) is 18.1. The van der Waals surface area contributed by atoms with Gasteiger partial charge in [0.1, 0.15) is 17.3 Å². The summed E-state index contributed by atoms with van der Waals surface area (Å²) in [6.45, 7) is 7.59. The molecule has 0 spiro atoms. The van der Waals surface area contributed by atoms with E-state index in [0.29, 0.717) is 18.1 Å². The second kappa shape index (κ2) is 6.99. The van der Waals surface area contributed by atoms with Gasteiger partial charge < -0.3 is 0 Å². The van der Waals surface area contributed by atoms with Crippen molar-refractivity contribution in [1.29, 1.82) is 0 Å². The van der Waals surface area contributed by atoms with Gasteiger partial charge in [0.25, 0.3) is 5.56 Å². The van der Waals surface area contributed by atoms with Crippen molar-refractivity contribution in [3.05, 3.63) is 58.2 Å². The van der Waals surface area contributed by atoms with Crippen LogP contribution in [0.15, 0.2) is 35.3 Å². The van der Waals surface area contributed by atoms with Gasteiger partial charge in [0.15, 0.2) is 0 Å². The molecule has 0 bridgehead atoms. The zero-order valence-corrected chi connectivity index (χ0v) is 15.3. The summed E-state index contributed by atoms with van der Waals surface area (Å²) < 4.78 is 3.60. The molecule has 0 saturated carbocycles. The fourth-order valence-corrected chi connectivity index (χ4v) is 3.84. The number of aromatic nitrogens is 5. The van der Waals surface area contributed by atoms with E-state index in [9.17, 15) is 4.79 Å². The molecule has 3 aromatic rings. The molecule has 136 valence electrons. The number of likely N-dealkylation sites (tertiary alicyclic amines) is 1. The van der Waals surface area contributed by atoms with E-state index in [-0.39, 0.29) is 5.56 Å². The molecule has 0 aromatic carbocycles. The highest BCUT2D eigenvalue weighted by atomic mass is 16.1.